The van der Waals surface area contributed by atoms with Gasteiger partial charge in [-0.05, 0) is 43.2 Å². The van der Waals surface area contributed by atoms with Crippen LogP contribution in [0.3, 0.4) is 0 Å². The summed E-state index contributed by atoms with van der Waals surface area (Å²) in [5.41, 5.74) is 3.25. The van der Waals surface area contributed by atoms with E-state index in [9.17, 15) is 14.4 Å². The molecule has 0 bridgehead atoms. The van der Waals surface area contributed by atoms with Crippen molar-refractivity contribution in [3.63, 3.8) is 0 Å². The fourth-order valence-electron chi connectivity index (χ4n) is 3.50. The van der Waals surface area contributed by atoms with E-state index >= 15 is 0 Å². The molecule has 3 aromatic rings. The summed E-state index contributed by atoms with van der Waals surface area (Å²) in [5.74, 6) is -0.795. The van der Waals surface area contributed by atoms with Crippen molar-refractivity contribution in [3.05, 3.63) is 71.6 Å². The van der Waals surface area contributed by atoms with Crippen LogP contribution in [-0.2, 0) is 0 Å². The number of hydrogen-bond donors (Lipinski definition) is 2. The van der Waals surface area contributed by atoms with E-state index in [2.05, 4.69) is 25.6 Å². The van der Waals surface area contributed by atoms with Crippen LogP contribution in [0.15, 0.2) is 49.1 Å². The van der Waals surface area contributed by atoms with Gasteiger partial charge in [-0.25, -0.2) is 15.0 Å². The molecule has 0 saturated heterocycles. The molecule has 3 amide bonds. The van der Waals surface area contributed by atoms with Gasteiger partial charge in [-0.1, -0.05) is 0 Å². The summed E-state index contributed by atoms with van der Waals surface area (Å²) in [7, 11) is 1.43. The van der Waals surface area contributed by atoms with Crippen LogP contribution >= 0.6 is 0 Å². The fraction of sp³-hybridized carbons (Fsp3) is 0.182. The second-order valence-electron chi connectivity index (χ2n) is 7.54. The Morgan fingerprint density at radius 2 is 1.74 bits per heavy atom. The number of hydrogen-bond acceptors (Lipinski definition) is 7. The molecule has 0 atom stereocenters. The standard InChI is InChI=1S/C22H18N6O3/c1-28-21(30)15-5-4-13(8-16(15)22(28)31)26-20(29)19-18(25-14-9-23-11-24-10-14)7-6-17(27-19)12-2-3-12/h4-12,25H,2-3H2,1H3,(H,26,29). The van der Waals surface area contributed by atoms with Gasteiger partial charge in [0.15, 0.2) is 5.69 Å². The van der Waals surface area contributed by atoms with Crippen molar-refractivity contribution < 1.29 is 14.4 Å². The lowest BCUT2D eigenvalue weighted by Crippen LogP contribution is -2.24. The molecule has 0 radical (unpaired) electrons. The number of carbonyl (C=O) groups excluding carboxylic acids is 3. The predicted molar refractivity (Wildman–Crippen MR) is 112 cm³/mol. The van der Waals surface area contributed by atoms with Crippen LogP contribution in [-0.4, -0.2) is 44.6 Å². The van der Waals surface area contributed by atoms with E-state index in [1.807, 2.05) is 12.1 Å². The Morgan fingerprint density at radius 3 is 2.48 bits per heavy atom. The van der Waals surface area contributed by atoms with Gasteiger partial charge < -0.3 is 10.6 Å². The number of aromatic nitrogens is 3. The van der Waals surface area contributed by atoms with Crippen molar-refractivity contribution in [2.24, 2.45) is 0 Å². The molecule has 31 heavy (non-hydrogen) atoms. The van der Waals surface area contributed by atoms with E-state index in [4.69, 9.17) is 0 Å². The molecule has 1 saturated carbocycles. The minimum absolute atomic E-state index is 0.230. The van der Waals surface area contributed by atoms with Crippen molar-refractivity contribution in [2.45, 2.75) is 18.8 Å². The quantitative estimate of drug-likeness (QED) is 0.616. The number of pyridine rings is 1. The van der Waals surface area contributed by atoms with Gasteiger partial charge >= 0.3 is 0 Å². The first kappa shape index (κ1) is 18.9. The Bertz CT molecular complexity index is 1220. The van der Waals surface area contributed by atoms with E-state index in [0.29, 0.717) is 28.5 Å². The molecule has 5 rings (SSSR count). The molecule has 0 spiro atoms. The summed E-state index contributed by atoms with van der Waals surface area (Å²) in [6.07, 6.45) is 6.74. The SMILES string of the molecule is CN1C(=O)c2ccc(NC(=O)c3nc(C4CC4)ccc3Nc3cncnc3)cc2C1=O. The van der Waals surface area contributed by atoms with Gasteiger partial charge in [0.05, 0.1) is 34.9 Å². The van der Waals surface area contributed by atoms with Gasteiger partial charge in [0.25, 0.3) is 17.7 Å². The highest BCUT2D eigenvalue weighted by Gasteiger charge is 2.33. The monoisotopic (exact) mass is 414 g/mol. The highest BCUT2D eigenvalue weighted by atomic mass is 16.2. The average molecular weight is 414 g/mol. The largest absolute Gasteiger partial charge is 0.351 e. The molecule has 2 aromatic heterocycles. The van der Waals surface area contributed by atoms with Gasteiger partial charge in [-0.2, -0.15) is 0 Å². The lowest BCUT2D eigenvalue weighted by molar-refractivity contribution is 0.0692. The summed E-state index contributed by atoms with van der Waals surface area (Å²) in [5, 5.41) is 5.93. The van der Waals surface area contributed by atoms with E-state index in [-0.39, 0.29) is 17.2 Å². The molecule has 2 aliphatic rings. The molecule has 0 unspecified atom stereocenters. The number of anilines is 3. The third-order valence-electron chi connectivity index (χ3n) is 5.31. The Morgan fingerprint density at radius 1 is 1.00 bits per heavy atom. The first-order valence-electron chi connectivity index (χ1n) is 9.82. The summed E-state index contributed by atoms with van der Waals surface area (Å²) >= 11 is 0. The second kappa shape index (κ2) is 7.28. The number of nitrogens with zero attached hydrogens (tertiary/aromatic N) is 4. The topological polar surface area (TPSA) is 117 Å². The normalized spacial score (nSPS) is 15.1. The molecule has 154 valence electrons. The van der Waals surface area contributed by atoms with Crippen molar-refractivity contribution >= 4 is 34.8 Å². The lowest BCUT2D eigenvalue weighted by atomic mass is 10.1. The van der Waals surface area contributed by atoms with E-state index in [1.165, 1.54) is 19.4 Å². The van der Waals surface area contributed by atoms with Crippen LogP contribution in [0.25, 0.3) is 0 Å². The zero-order valence-electron chi connectivity index (χ0n) is 16.6. The van der Waals surface area contributed by atoms with Gasteiger partial charge in [0.1, 0.15) is 6.33 Å². The summed E-state index contributed by atoms with van der Waals surface area (Å²) in [4.78, 5) is 51.1. The zero-order chi connectivity index (χ0) is 21.5. The number of benzene rings is 1. The maximum atomic E-state index is 13.1. The highest BCUT2D eigenvalue weighted by molar-refractivity contribution is 6.21. The summed E-state index contributed by atoms with van der Waals surface area (Å²) in [6.45, 7) is 0. The maximum absolute atomic E-state index is 13.1. The molecule has 3 heterocycles. The third-order valence-corrected chi connectivity index (χ3v) is 5.31. The van der Waals surface area contributed by atoms with E-state index in [0.717, 1.165) is 23.4 Å². The zero-order valence-corrected chi connectivity index (χ0v) is 16.6. The highest BCUT2D eigenvalue weighted by Crippen LogP contribution is 2.39. The van der Waals surface area contributed by atoms with Crippen molar-refractivity contribution in [3.8, 4) is 0 Å². The van der Waals surface area contributed by atoms with Gasteiger partial charge in [0.2, 0.25) is 0 Å². The first-order chi connectivity index (χ1) is 15.0. The molecule has 1 aliphatic carbocycles. The number of amides is 3. The molecule has 1 aliphatic heterocycles. The predicted octanol–water partition coefficient (Wildman–Crippen LogP) is 2.97. The molecule has 9 heteroatoms. The Hall–Kier alpha value is -4.14. The molecule has 1 aromatic carbocycles. The van der Waals surface area contributed by atoms with Crippen LogP contribution in [0.1, 0.15) is 55.7 Å². The number of rotatable bonds is 5. The molecule has 2 N–H and O–H groups in total. The van der Waals surface area contributed by atoms with Gasteiger partial charge in [-0.15, -0.1) is 0 Å². The number of imide groups is 1. The molecular formula is C22H18N6O3. The lowest BCUT2D eigenvalue weighted by Gasteiger charge is -2.13. The van der Waals surface area contributed by atoms with Crippen LogP contribution in [0, 0.1) is 0 Å². The van der Waals surface area contributed by atoms with E-state index < -0.39 is 11.8 Å². The smallest absolute Gasteiger partial charge is 0.276 e. The Labute approximate surface area is 177 Å². The number of carbonyl (C=O) groups is 3. The van der Waals surface area contributed by atoms with E-state index in [1.54, 1.807) is 24.5 Å². The van der Waals surface area contributed by atoms with Crippen LogP contribution in [0.4, 0.5) is 17.1 Å². The number of nitrogens with one attached hydrogen (secondary N) is 2. The molecule has 9 nitrogen and oxygen atoms in total. The van der Waals surface area contributed by atoms with Crippen LogP contribution in [0.2, 0.25) is 0 Å². The van der Waals surface area contributed by atoms with Gasteiger partial charge in [-0.3, -0.25) is 19.3 Å². The maximum Gasteiger partial charge on any atom is 0.276 e. The minimum Gasteiger partial charge on any atom is -0.351 e. The van der Waals surface area contributed by atoms with Crippen LogP contribution < -0.4 is 10.6 Å². The Balaban J connectivity index is 1.45. The average Bonchev–Trinajstić information content (AvgIpc) is 3.61. The van der Waals surface area contributed by atoms with Crippen molar-refractivity contribution in [1.82, 2.24) is 19.9 Å². The minimum atomic E-state index is -0.424. The van der Waals surface area contributed by atoms with Crippen LogP contribution in [0.5, 0.6) is 0 Å². The first-order valence-corrected chi connectivity index (χ1v) is 9.82. The van der Waals surface area contributed by atoms with Crippen molar-refractivity contribution in [2.75, 3.05) is 17.7 Å². The van der Waals surface area contributed by atoms with Crippen molar-refractivity contribution in [1.29, 1.82) is 0 Å². The molecule has 1 fully saturated rings. The molecular weight excluding hydrogens is 396 g/mol. The fourth-order valence-corrected chi connectivity index (χ4v) is 3.50. The Kier molecular flexibility index (Phi) is 4.43. The third kappa shape index (κ3) is 3.50. The summed E-state index contributed by atoms with van der Waals surface area (Å²) < 4.78 is 0. The summed E-state index contributed by atoms with van der Waals surface area (Å²) in [6, 6.07) is 8.39. The van der Waals surface area contributed by atoms with Gasteiger partial charge in [0, 0.05) is 24.3 Å². The number of fused-ring (bicyclic) bond motifs is 1. The second-order valence-corrected chi connectivity index (χ2v) is 7.54.